The van der Waals surface area contributed by atoms with Crippen molar-refractivity contribution < 1.29 is 23.6 Å². The zero-order valence-electron chi connectivity index (χ0n) is 20.8. The second kappa shape index (κ2) is 11.7. The molecule has 12 heteroatoms. The average molecular weight is 543 g/mol. The van der Waals surface area contributed by atoms with Crippen LogP contribution in [-0.4, -0.2) is 57.3 Å². The molecule has 200 valence electrons. The molecule has 0 spiro atoms. The Hall–Kier alpha value is -3.83. The molecule has 0 aliphatic heterocycles. The molecule has 3 aromatic rings. The van der Waals surface area contributed by atoms with Crippen molar-refractivity contribution in [3.8, 4) is 0 Å². The minimum Gasteiger partial charge on any atom is -0.350 e. The summed E-state index contributed by atoms with van der Waals surface area (Å²) in [6, 6.07) is 9.43. The van der Waals surface area contributed by atoms with Gasteiger partial charge in [-0.25, -0.2) is 4.39 Å². The van der Waals surface area contributed by atoms with Gasteiger partial charge in [-0.05, 0) is 37.1 Å². The summed E-state index contributed by atoms with van der Waals surface area (Å²) in [6.07, 6.45) is 1.70. The van der Waals surface area contributed by atoms with Crippen LogP contribution in [0.3, 0.4) is 0 Å². The third kappa shape index (κ3) is 6.35. The van der Waals surface area contributed by atoms with Crippen LogP contribution >= 0.6 is 11.6 Å². The summed E-state index contributed by atoms with van der Waals surface area (Å²) in [5.74, 6) is -1.92. The molecule has 1 aliphatic carbocycles. The Balaban J connectivity index is 1.48. The van der Waals surface area contributed by atoms with Gasteiger partial charge in [0.2, 0.25) is 17.7 Å². The van der Waals surface area contributed by atoms with E-state index in [1.165, 1.54) is 28.6 Å². The topological polar surface area (TPSA) is 139 Å². The predicted molar refractivity (Wildman–Crippen MR) is 140 cm³/mol. The standard InChI is InChI=1S/C26H28ClFN6O4/c1-15(35)26-19-11-17(31-22(36)9-10-29)5-8-21(19)34(32-26)14-24(38)33(18-6-7-18)13-23(37)30-12-16-3-2-4-20(27)25(16)28/h2-5,8,11,18H,6-7,9-10,12-14,29H2,1H3,(H,30,37)(H,31,36). The van der Waals surface area contributed by atoms with Gasteiger partial charge in [0, 0.05) is 49.1 Å². The van der Waals surface area contributed by atoms with Crippen LogP contribution in [0.2, 0.25) is 5.02 Å². The van der Waals surface area contributed by atoms with Gasteiger partial charge in [-0.2, -0.15) is 5.10 Å². The lowest BCUT2D eigenvalue weighted by Crippen LogP contribution is -2.43. The van der Waals surface area contributed by atoms with E-state index < -0.39 is 11.7 Å². The number of nitrogens with zero attached hydrogens (tertiary/aromatic N) is 3. The first-order chi connectivity index (χ1) is 18.2. The fraction of sp³-hybridized carbons (Fsp3) is 0.346. The van der Waals surface area contributed by atoms with Crippen molar-refractivity contribution in [3.05, 3.63) is 58.5 Å². The van der Waals surface area contributed by atoms with Gasteiger partial charge in [-0.15, -0.1) is 0 Å². The molecular weight excluding hydrogens is 515 g/mol. The number of hydrogen-bond donors (Lipinski definition) is 3. The molecule has 38 heavy (non-hydrogen) atoms. The smallest absolute Gasteiger partial charge is 0.245 e. The summed E-state index contributed by atoms with van der Waals surface area (Å²) in [6.45, 7) is 1.14. The van der Waals surface area contributed by atoms with Crippen LogP contribution in [0.5, 0.6) is 0 Å². The van der Waals surface area contributed by atoms with Crippen molar-refractivity contribution in [2.75, 3.05) is 18.4 Å². The van der Waals surface area contributed by atoms with Gasteiger partial charge in [-0.1, -0.05) is 23.7 Å². The average Bonchev–Trinajstić information content (AvgIpc) is 3.65. The van der Waals surface area contributed by atoms with Crippen LogP contribution in [0.1, 0.15) is 42.2 Å². The first kappa shape index (κ1) is 27.2. The number of fused-ring (bicyclic) bond motifs is 1. The zero-order chi connectivity index (χ0) is 27.4. The van der Waals surface area contributed by atoms with Gasteiger partial charge in [0.25, 0.3) is 0 Å². The van der Waals surface area contributed by atoms with E-state index in [2.05, 4.69) is 15.7 Å². The highest BCUT2D eigenvalue weighted by molar-refractivity contribution is 6.30. The van der Waals surface area contributed by atoms with Gasteiger partial charge in [-0.3, -0.25) is 23.9 Å². The maximum Gasteiger partial charge on any atom is 0.245 e. The molecule has 1 saturated carbocycles. The summed E-state index contributed by atoms with van der Waals surface area (Å²) in [5, 5.41) is 10.2. The summed E-state index contributed by atoms with van der Waals surface area (Å²) >= 11 is 5.80. The molecular formula is C26H28ClFN6O4. The molecule has 0 bridgehead atoms. The van der Waals surface area contributed by atoms with E-state index in [1.807, 2.05) is 0 Å². The van der Waals surface area contributed by atoms with Gasteiger partial charge in [0.15, 0.2) is 5.78 Å². The summed E-state index contributed by atoms with van der Waals surface area (Å²) < 4.78 is 15.5. The summed E-state index contributed by atoms with van der Waals surface area (Å²) in [4.78, 5) is 51.5. The molecule has 4 rings (SSSR count). The second-order valence-corrected chi connectivity index (χ2v) is 9.53. The highest BCUT2D eigenvalue weighted by Crippen LogP contribution is 2.28. The zero-order valence-corrected chi connectivity index (χ0v) is 21.6. The van der Waals surface area contributed by atoms with Crippen LogP contribution in [0, 0.1) is 5.82 Å². The molecule has 2 aromatic carbocycles. The van der Waals surface area contributed by atoms with E-state index in [1.54, 1.807) is 24.3 Å². The Bertz CT molecular complexity index is 1400. The number of nitrogens with one attached hydrogen (secondary N) is 2. The number of rotatable bonds is 11. The predicted octanol–water partition coefficient (Wildman–Crippen LogP) is 2.63. The van der Waals surface area contributed by atoms with Crippen molar-refractivity contribution >= 4 is 51.7 Å². The number of anilines is 1. The minimum absolute atomic E-state index is 0.0343. The van der Waals surface area contributed by atoms with Crippen molar-refractivity contribution in [3.63, 3.8) is 0 Å². The molecule has 0 unspecified atom stereocenters. The fourth-order valence-corrected chi connectivity index (χ4v) is 4.30. The van der Waals surface area contributed by atoms with Crippen LogP contribution in [0.25, 0.3) is 10.9 Å². The maximum atomic E-state index is 14.1. The van der Waals surface area contributed by atoms with Gasteiger partial charge < -0.3 is 21.3 Å². The van der Waals surface area contributed by atoms with E-state index in [0.717, 1.165) is 12.8 Å². The molecule has 0 radical (unpaired) electrons. The van der Waals surface area contributed by atoms with Crippen LogP contribution in [-0.2, 0) is 27.5 Å². The molecule has 1 aliphatic rings. The molecule has 1 heterocycles. The van der Waals surface area contributed by atoms with E-state index in [-0.39, 0.29) is 72.5 Å². The lowest BCUT2D eigenvalue weighted by atomic mass is 10.1. The molecule has 0 saturated heterocycles. The monoisotopic (exact) mass is 542 g/mol. The number of carbonyl (C=O) groups is 4. The number of carbonyl (C=O) groups excluding carboxylic acids is 4. The number of ketones is 1. The third-order valence-corrected chi connectivity index (χ3v) is 6.45. The van der Waals surface area contributed by atoms with E-state index in [0.29, 0.717) is 16.6 Å². The number of halogens is 2. The molecule has 3 amide bonds. The second-order valence-electron chi connectivity index (χ2n) is 9.12. The molecule has 10 nitrogen and oxygen atoms in total. The molecule has 1 aromatic heterocycles. The highest BCUT2D eigenvalue weighted by atomic mass is 35.5. The summed E-state index contributed by atoms with van der Waals surface area (Å²) in [5.41, 5.74) is 6.86. The summed E-state index contributed by atoms with van der Waals surface area (Å²) in [7, 11) is 0. The van der Waals surface area contributed by atoms with Gasteiger partial charge in [0.05, 0.1) is 17.1 Å². The van der Waals surface area contributed by atoms with Gasteiger partial charge in [0.1, 0.15) is 18.1 Å². The quantitative estimate of drug-likeness (QED) is 0.318. The van der Waals surface area contributed by atoms with E-state index in [4.69, 9.17) is 17.3 Å². The van der Waals surface area contributed by atoms with Crippen LogP contribution in [0.4, 0.5) is 10.1 Å². The number of hydrogen-bond acceptors (Lipinski definition) is 6. The van der Waals surface area contributed by atoms with Gasteiger partial charge >= 0.3 is 0 Å². The number of amides is 3. The Morgan fingerprint density at radius 2 is 1.95 bits per heavy atom. The number of benzene rings is 2. The molecule has 1 fully saturated rings. The first-order valence-corrected chi connectivity index (χ1v) is 12.6. The third-order valence-electron chi connectivity index (χ3n) is 6.15. The first-order valence-electron chi connectivity index (χ1n) is 12.2. The minimum atomic E-state index is -0.599. The van der Waals surface area contributed by atoms with Crippen molar-refractivity contribution in [2.45, 2.75) is 45.3 Å². The SMILES string of the molecule is CC(=O)c1nn(CC(=O)N(CC(=O)NCc2cccc(Cl)c2F)C2CC2)c2ccc(NC(=O)CCN)cc12. The fourth-order valence-electron chi connectivity index (χ4n) is 4.11. The Morgan fingerprint density at radius 1 is 1.18 bits per heavy atom. The molecule has 4 N–H and O–H groups in total. The van der Waals surface area contributed by atoms with Crippen molar-refractivity contribution in [1.29, 1.82) is 0 Å². The Morgan fingerprint density at radius 3 is 2.63 bits per heavy atom. The van der Waals surface area contributed by atoms with Crippen molar-refractivity contribution in [1.82, 2.24) is 20.0 Å². The Kier molecular flexibility index (Phi) is 8.38. The molecule has 0 atom stereocenters. The van der Waals surface area contributed by atoms with Crippen LogP contribution in [0.15, 0.2) is 36.4 Å². The van der Waals surface area contributed by atoms with Crippen molar-refractivity contribution in [2.24, 2.45) is 5.73 Å². The van der Waals surface area contributed by atoms with E-state index >= 15 is 0 Å². The maximum absolute atomic E-state index is 14.1. The van der Waals surface area contributed by atoms with E-state index in [9.17, 15) is 23.6 Å². The number of aromatic nitrogens is 2. The number of Topliss-reactive ketones (excluding diaryl/α,β-unsaturated/α-hetero) is 1. The lowest BCUT2D eigenvalue weighted by molar-refractivity contribution is -0.137. The largest absolute Gasteiger partial charge is 0.350 e. The Labute approximate surface area is 223 Å². The highest BCUT2D eigenvalue weighted by Gasteiger charge is 2.34. The van der Waals surface area contributed by atoms with Crippen LogP contribution < -0.4 is 16.4 Å². The lowest BCUT2D eigenvalue weighted by Gasteiger charge is -2.22. The normalized spacial score (nSPS) is 12.8. The number of nitrogens with two attached hydrogens (primary N) is 1.